The van der Waals surface area contributed by atoms with Crippen molar-refractivity contribution >= 4 is 5.78 Å². The van der Waals surface area contributed by atoms with E-state index < -0.39 is 18.3 Å². The Morgan fingerprint density at radius 2 is 2.42 bits per heavy atom. The van der Waals surface area contributed by atoms with Gasteiger partial charge in [0.25, 0.3) is 0 Å². The fourth-order valence-electron chi connectivity index (χ4n) is 1.38. The molecule has 1 fully saturated rings. The Morgan fingerprint density at radius 1 is 1.75 bits per heavy atom. The third-order valence-corrected chi connectivity index (χ3v) is 1.98. The summed E-state index contributed by atoms with van der Waals surface area (Å²) in [5, 5.41) is 18.7. The molecule has 0 radical (unpaired) electrons. The van der Waals surface area contributed by atoms with Crippen molar-refractivity contribution in [1.29, 1.82) is 0 Å². The number of aliphatic hydroxyl groups is 2. The lowest BCUT2D eigenvalue weighted by Gasteiger charge is -2.19. The van der Waals surface area contributed by atoms with Gasteiger partial charge in [0.2, 0.25) is 0 Å². The van der Waals surface area contributed by atoms with E-state index in [1.807, 2.05) is 0 Å². The minimum atomic E-state index is -0.861. The van der Waals surface area contributed by atoms with Crippen LogP contribution >= 0.6 is 0 Å². The smallest absolute Gasteiger partial charge is 0.132 e. The fourth-order valence-corrected chi connectivity index (χ4v) is 1.38. The molecule has 0 aromatic carbocycles. The molecule has 4 heteroatoms. The Bertz CT molecular complexity index is 168. The van der Waals surface area contributed by atoms with E-state index in [-0.39, 0.29) is 12.2 Å². The molecule has 1 aliphatic rings. The number of ether oxygens (including phenoxy) is 1. The van der Waals surface area contributed by atoms with Gasteiger partial charge in [0.1, 0.15) is 11.9 Å². The molecule has 0 aromatic rings. The van der Waals surface area contributed by atoms with Crippen LogP contribution in [0, 0.1) is 0 Å². The number of carbonyl (C=O) groups is 1. The summed E-state index contributed by atoms with van der Waals surface area (Å²) in [4.78, 5) is 10.6. The number of ketones is 1. The molecule has 1 heterocycles. The normalized spacial score (nSPS) is 31.9. The van der Waals surface area contributed by atoms with E-state index >= 15 is 0 Å². The van der Waals surface area contributed by atoms with Crippen molar-refractivity contribution < 1.29 is 19.7 Å². The lowest BCUT2D eigenvalue weighted by Crippen LogP contribution is -2.35. The summed E-state index contributed by atoms with van der Waals surface area (Å²) in [5.41, 5.74) is 0. The van der Waals surface area contributed by atoms with Crippen LogP contribution in [-0.4, -0.2) is 40.9 Å². The monoisotopic (exact) mass is 174 g/mol. The molecule has 0 bridgehead atoms. The van der Waals surface area contributed by atoms with Gasteiger partial charge in [0.15, 0.2) is 0 Å². The second-order valence-corrected chi connectivity index (χ2v) is 3.16. The summed E-state index contributed by atoms with van der Waals surface area (Å²) in [7, 11) is 0. The van der Waals surface area contributed by atoms with Gasteiger partial charge in [-0.05, 0) is 13.3 Å². The minimum absolute atomic E-state index is 0.0573. The molecule has 3 unspecified atom stereocenters. The Hall–Kier alpha value is -0.450. The molecule has 0 amide bonds. The number of carbonyl (C=O) groups excluding carboxylic acids is 1. The maximum atomic E-state index is 10.6. The van der Waals surface area contributed by atoms with E-state index in [0.29, 0.717) is 13.0 Å². The average molecular weight is 174 g/mol. The molecule has 1 saturated heterocycles. The molecular formula is C8H14O4. The quantitative estimate of drug-likeness (QED) is 0.604. The summed E-state index contributed by atoms with van der Waals surface area (Å²) in [5.74, 6) is -0.0924. The van der Waals surface area contributed by atoms with Crippen LogP contribution in [0.25, 0.3) is 0 Å². The zero-order chi connectivity index (χ0) is 9.14. The number of rotatable bonds is 3. The van der Waals surface area contributed by atoms with Gasteiger partial charge >= 0.3 is 0 Å². The highest BCUT2D eigenvalue weighted by Gasteiger charge is 2.32. The van der Waals surface area contributed by atoms with Crippen molar-refractivity contribution in [3.8, 4) is 0 Å². The first-order valence-electron chi connectivity index (χ1n) is 4.08. The molecule has 1 aliphatic heterocycles. The molecule has 0 aliphatic carbocycles. The predicted molar refractivity (Wildman–Crippen MR) is 41.7 cm³/mol. The van der Waals surface area contributed by atoms with E-state index in [4.69, 9.17) is 4.74 Å². The highest BCUT2D eigenvalue weighted by atomic mass is 16.5. The third-order valence-electron chi connectivity index (χ3n) is 1.98. The summed E-state index contributed by atoms with van der Waals surface area (Å²) in [6.07, 6.45) is -1.46. The van der Waals surface area contributed by atoms with Crippen LogP contribution in [-0.2, 0) is 9.53 Å². The Labute approximate surface area is 71.2 Å². The molecule has 1 rings (SSSR count). The minimum Gasteiger partial charge on any atom is -0.390 e. The van der Waals surface area contributed by atoms with E-state index in [9.17, 15) is 15.0 Å². The van der Waals surface area contributed by atoms with Crippen molar-refractivity contribution in [3.05, 3.63) is 0 Å². The van der Waals surface area contributed by atoms with Crippen molar-refractivity contribution in [1.82, 2.24) is 0 Å². The maximum Gasteiger partial charge on any atom is 0.132 e. The number of Topliss-reactive ketones (excluding diaryl/α,β-unsaturated/α-hetero) is 1. The van der Waals surface area contributed by atoms with Crippen LogP contribution in [0.1, 0.15) is 19.8 Å². The standard InChI is InChI=1S/C8H14O4/c1-5(9)4-7(11)8-6(10)2-3-12-8/h6-8,10-11H,2-4H2,1H3. The molecule has 0 spiro atoms. The van der Waals surface area contributed by atoms with Gasteiger partial charge in [-0.3, -0.25) is 4.79 Å². The van der Waals surface area contributed by atoms with Gasteiger partial charge in [-0.15, -0.1) is 0 Å². The Balaban J connectivity index is 2.40. The van der Waals surface area contributed by atoms with Gasteiger partial charge in [-0.2, -0.15) is 0 Å². The third kappa shape index (κ3) is 2.27. The van der Waals surface area contributed by atoms with Crippen molar-refractivity contribution in [2.45, 2.75) is 38.1 Å². The van der Waals surface area contributed by atoms with E-state index in [0.717, 1.165) is 0 Å². The molecule has 2 N–H and O–H groups in total. The lowest BCUT2D eigenvalue weighted by molar-refractivity contribution is -0.122. The zero-order valence-electron chi connectivity index (χ0n) is 7.06. The van der Waals surface area contributed by atoms with Crippen LogP contribution < -0.4 is 0 Å². The lowest BCUT2D eigenvalue weighted by atomic mass is 10.0. The largest absolute Gasteiger partial charge is 0.390 e. The van der Waals surface area contributed by atoms with Crippen molar-refractivity contribution in [3.63, 3.8) is 0 Å². The highest BCUT2D eigenvalue weighted by molar-refractivity contribution is 5.76. The van der Waals surface area contributed by atoms with Gasteiger partial charge in [0, 0.05) is 13.0 Å². The van der Waals surface area contributed by atoms with Crippen LogP contribution in [0.15, 0.2) is 0 Å². The van der Waals surface area contributed by atoms with Crippen LogP contribution in [0.2, 0.25) is 0 Å². The first-order chi connectivity index (χ1) is 5.61. The van der Waals surface area contributed by atoms with Gasteiger partial charge in [-0.1, -0.05) is 0 Å². The summed E-state index contributed by atoms with van der Waals surface area (Å²) in [6, 6.07) is 0. The Kier molecular flexibility index (Phi) is 3.20. The van der Waals surface area contributed by atoms with Gasteiger partial charge in [-0.25, -0.2) is 0 Å². The molecule has 3 atom stereocenters. The topological polar surface area (TPSA) is 66.8 Å². The number of hydrogen-bond acceptors (Lipinski definition) is 4. The Morgan fingerprint density at radius 3 is 2.83 bits per heavy atom. The number of hydrogen-bond donors (Lipinski definition) is 2. The van der Waals surface area contributed by atoms with Gasteiger partial charge < -0.3 is 14.9 Å². The van der Waals surface area contributed by atoms with Crippen LogP contribution in [0.3, 0.4) is 0 Å². The van der Waals surface area contributed by atoms with E-state index in [2.05, 4.69) is 0 Å². The van der Waals surface area contributed by atoms with E-state index in [1.165, 1.54) is 6.92 Å². The summed E-state index contributed by atoms with van der Waals surface area (Å²) >= 11 is 0. The van der Waals surface area contributed by atoms with Crippen molar-refractivity contribution in [2.24, 2.45) is 0 Å². The van der Waals surface area contributed by atoms with Gasteiger partial charge in [0.05, 0.1) is 12.2 Å². The fraction of sp³-hybridized carbons (Fsp3) is 0.875. The maximum absolute atomic E-state index is 10.6. The average Bonchev–Trinajstić information content (AvgIpc) is 2.33. The van der Waals surface area contributed by atoms with Crippen LogP contribution in [0.4, 0.5) is 0 Å². The highest BCUT2D eigenvalue weighted by Crippen LogP contribution is 2.18. The van der Waals surface area contributed by atoms with Crippen molar-refractivity contribution in [2.75, 3.05) is 6.61 Å². The van der Waals surface area contributed by atoms with Crippen LogP contribution in [0.5, 0.6) is 0 Å². The second-order valence-electron chi connectivity index (χ2n) is 3.16. The number of aliphatic hydroxyl groups excluding tert-OH is 2. The SMILES string of the molecule is CC(=O)CC(O)C1OCCC1O. The first-order valence-corrected chi connectivity index (χ1v) is 4.08. The van der Waals surface area contributed by atoms with E-state index in [1.54, 1.807) is 0 Å². The first kappa shape index (κ1) is 9.64. The summed E-state index contributed by atoms with van der Waals surface area (Å²) < 4.78 is 5.08. The molecule has 70 valence electrons. The summed E-state index contributed by atoms with van der Waals surface area (Å²) in [6.45, 7) is 1.87. The zero-order valence-corrected chi connectivity index (χ0v) is 7.06. The molecule has 4 nitrogen and oxygen atoms in total. The second kappa shape index (κ2) is 3.98. The molecule has 12 heavy (non-hydrogen) atoms. The molecule has 0 saturated carbocycles. The molecular weight excluding hydrogens is 160 g/mol. The predicted octanol–water partition coefficient (Wildman–Crippen LogP) is -0.524. The molecule has 0 aromatic heterocycles.